The van der Waals surface area contributed by atoms with Gasteiger partial charge < -0.3 is 19.1 Å². The van der Waals surface area contributed by atoms with E-state index in [9.17, 15) is 18.0 Å². The van der Waals surface area contributed by atoms with Crippen molar-refractivity contribution in [3.63, 3.8) is 0 Å². The molecule has 0 atom stereocenters. The monoisotopic (exact) mass is 472 g/mol. The van der Waals surface area contributed by atoms with Gasteiger partial charge in [-0.15, -0.1) is 0 Å². The summed E-state index contributed by atoms with van der Waals surface area (Å²) in [6.07, 6.45) is -2.20. The highest BCUT2D eigenvalue weighted by Gasteiger charge is 2.65. The van der Waals surface area contributed by atoms with Crippen LogP contribution in [0.3, 0.4) is 0 Å². The molecule has 1 aliphatic carbocycles. The number of carbonyl (C=O) groups is 1. The Morgan fingerprint density at radius 3 is 2.18 bits per heavy atom. The first kappa shape index (κ1) is 22.3. The molecular formula is C25H23F3N2O4. The summed E-state index contributed by atoms with van der Waals surface area (Å²) in [5.74, 6) is -4.33. The zero-order valence-electron chi connectivity index (χ0n) is 18.2. The van der Waals surface area contributed by atoms with Crippen LogP contribution in [0.5, 0.6) is 11.5 Å². The summed E-state index contributed by atoms with van der Waals surface area (Å²) < 4.78 is 58.1. The van der Waals surface area contributed by atoms with Crippen molar-refractivity contribution in [2.45, 2.75) is 24.9 Å². The van der Waals surface area contributed by atoms with Gasteiger partial charge in [-0.3, -0.25) is 10.1 Å². The Balaban J connectivity index is 1.50. The minimum absolute atomic E-state index is 0.0846. The van der Waals surface area contributed by atoms with Gasteiger partial charge in [0.25, 0.3) is 5.91 Å². The first-order valence-corrected chi connectivity index (χ1v) is 11.0. The van der Waals surface area contributed by atoms with Gasteiger partial charge in [-0.1, -0.05) is 42.5 Å². The molecule has 3 aliphatic rings. The topological polar surface area (TPSA) is 60.0 Å². The second kappa shape index (κ2) is 8.72. The molecule has 1 N–H and O–H groups in total. The van der Waals surface area contributed by atoms with Gasteiger partial charge in [-0.05, 0) is 42.2 Å². The predicted molar refractivity (Wildman–Crippen MR) is 118 cm³/mol. The van der Waals surface area contributed by atoms with Gasteiger partial charge >= 0.3 is 12.1 Å². The lowest BCUT2D eigenvalue weighted by Gasteiger charge is -2.33. The van der Waals surface area contributed by atoms with Crippen molar-refractivity contribution in [2.75, 3.05) is 26.3 Å². The minimum Gasteiger partial charge on any atom is -0.424 e. The number of ether oxygens (including phenoxy) is 3. The average molecular weight is 472 g/mol. The first-order valence-electron chi connectivity index (χ1n) is 11.0. The molecule has 5 rings (SSSR count). The van der Waals surface area contributed by atoms with Crippen LogP contribution in [0.25, 0.3) is 6.08 Å². The molecule has 2 aliphatic heterocycles. The van der Waals surface area contributed by atoms with E-state index in [0.717, 1.165) is 11.1 Å². The zero-order chi connectivity index (χ0) is 23.8. The fourth-order valence-electron chi connectivity index (χ4n) is 4.40. The van der Waals surface area contributed by atoms with Gasteiger partial charge in [0.2, 0.25) is 0 Å². The Bertz CT molecular complexity index is 1110. The maximum atomic E-state index is 14.1. The zero-order valence-corrected chi connectivity index (χ0v) is 18.2. The highest BCUT2D eigenvalue weighted by molar-refractivity contribution is 5.96. The number of nitrogens with one attached hydrogen (secondary N) is 1. The van der Waals surface area contributed by atoms with E-state index < -0.39 is 18.0 Å². The number of carbonyl (C=O) groups excluding carboxylic acids is 1. The van der Waals surface area contributed by atoms with E-state index in [0.29, 0.717) is 44.8 Å². The molecule has 1 fully saturated rings. The standard InChI is InChI=1S/C25H23F3N2O4/c26-24(27,28)25(33-20-8-4-5-9-21(20)34-25)29-23(31)19-11-10-18(16-17-6-2-1-3-7-17)22(19)30-12-14-32-15-13-30/h1-9,16H,10-15H2,(H,29,31)/b18-16+. The fourth-order valence-corrected chi connectivity index (χ4v) is 4.40. The minimum atomic E-state index is -5.01. The number of para-hydroxylation sites is 2. The maximum absolute atomic E-state index is 14.1. The van der Waals surface area contributed by atoms with E-state index in [4.69, 9.17) is 14.2 Å². The Labute approximate surface area is 194 Å². The number of allylic oxidation sites excluding steroid dienone is 1. The predicted octanol–water partition coefficient (Wildman–Crippen LogP) is 4.25. The molecular weight excluding hydrogens is 449 g/mol. The van der Waals surface area contributed by atoms with E-state index in [-0.39, 0.29) is 17.1 Å². The highest BCUT2D eigenvalue weighted by atomic mass is 19.4. The molecule has 2 aromatic rings. The normalized spacial score (nSPS) is 20.7. The number of halogens is 3. The fraction of sp³-hybridized carbons (Fsp3) is 0.320. The average Bonchev–Trinajstić information content (AvgIpc) is 3.42. The molecule has 0 spiro atoms. The third kappa shape index (κ3) is 4.11. The van der Waals surface area contributed by atoms with E-state index in [1.54, 1.807) is 0 Å². The number of rotatable bonds is 4. The van der Waals surface area contributed by atoms with Crippen LogP contribution in [0.4, 0.5) is 13.2 Å². The number of benzene rings is 2. The smallest absolute Gasteiger partial charge is 0.424 e. The number of fused-ring (bicyclic) bond motifs is 1. The van der Waals surface area contributed by atoms with Crippen molar-refractivity contribution >= 4 is 12.0 Å². The molecule has 0 unspecified atom stereocenters. The van der Waals surface area contributed by atoms with E-state index in [2.05, 4.69) is 0 Å². The van der Waals surface area contributed by atoms with Crippen LogP contribution in [-0.2, 0) is 9.53 Å². The van der Waals surface area contributed by atoms with Crippen LogP contribution in [0.2, 0.25) is 0 Å². The highest BCUT2D eigenvalue weighted by Crippen LogP contribution is 2.45. The maximum Gasteiger partial charge on any atom is 0.492 e. The number of hydrogen-bond acceptors (Lipinski definition) is 5. The molecule has 34 heavy (non-hydrogen) atoms. The molecule has 0 aromatic heterocycles. The van der Waals surface area contributed by atoms with E-state index >= 15 is 0 Å². The van der Waals surface area contributed by atoms with Crippen LogP contribution < -0.4 is 14.8 Å². The molecule has 0 bridgehead atoms. The Kier molecular flexibility index (Phi) is 5.73. The summed E-state index contributed by atoms with van der Waals surface area (Å²) in [7, 11) is 0. The summed E-state index contributed by atoms with van der Waals surface area (Å²) in [6, 6.07) is 15.4. The van der Waals surface area contributed by atoms with Gasteiger partial charge in [0, 0.05) is 24.4 Å². The third-order valence-electron chi connectivity index (χ3n) is 5.98. The molecule has 2 heterocycles. The SMILES string of the molecule is O=C(NC1(C(F)(F)F)Oc2ccccc2O1)C1=C(N2CCOCC2)/C(=C/c2ccccc2)CC1. The molecule has 9 heteroatoms. The molecule has 6 nitrogen and oxygen atoms in total. The summed E-state index contributed by atoms with van der Waals surface area (Å²) in [4.78, 5) is 15.3. The number of amides is 1. The van der Waals surface area contributed by atoms with Crippen molar-refractivity contribution in [3.05, 3.63) is 77.0 Å². The number of alkyl halides is 3. The molecule has 1 saturated heterocycles. The van der Waals surface area contributed by atoms with Gasteiger partial charge in [0.15, 0.2) is 11.5 Å². The lowest BCUT2D eigenvalue weighted by molar-refractivity contribution is -0.319. The Morgan fingerprint density at radius 1 is 0.941 bits per heavy atom. The Morgan fingerprint density at radius 2 is 1.56 bits per heavy atom. The molecule has 1 amide bonds. The summed E-state index contributed by atoms with van der Waals surface area (Å²) in [5.41, 5.74) is 2.78. The third-order valence-corrected chi connectivity index (χ3v) is 5.98. The molecule has 2 aromatic carbocycles. The van der Waals surface area contributed by atoms with Crippen LogP contribution in [0, 0.1) is 0 Å². The lowest BCUT2D eigenvalue weighted by Crippen LogP contribution is -2.65. The van der Waals surface area contributed by atoms with E-state index in [1.807, 2.05) is 46.6 Å². The molecule has 0 radical (unpaired) electrons. The van der Waals surface area contributed by atoms with Crippen molar-refractivity contribution in [3.8, 4) is 11.5 Å². The van der Waals surface area contributed by atoms with Crippen LogP contribution >= 0.6 is 0 Å². The largest absolute Gasteiger partial charge is 0.492 e. The van der Waals surface area contributed by atoms with Crippen molar-refractivity contribution in [1.82, 2.24) is 10.2 Å². The quantitative estimate of drug-likeness (QED) is 0.721. The molecule has 178 valence electrons. The second-order valence-corrected chi connectivity index (χ2v) is 8.23. The van der Waals surface area contributed by atoms with Crippen LogP contribution in [0.1, 0.15) is 18.4 Å². The van der Waals surface area contributed by atoms with Gasteiger partial charge in [-0.25, -0.2) is 0 Å². The van der Waals surface area contributed by atoms with Crippen LogP contribution in [0.15, 0.2) is 71.4 Å². The lowest BCUT2D eigenvalue weighted by atomic mass is 10.1. The summed E-state index contributed by atoms with van der Waals surface area (Å²) >= 11 is 0. The van der Waals surface area contributed by atoms with Crippen LogP contribution in [-0.4, -0.2) is 49.2 Å². The van der Waals surface area contributed by atoms with Gasteiger partial charge in [-0.2, -0.15) is 13.2 Å². The molecule has 0 saturated carbocycles. The Hall–Kier alpha value is -3.46. The van der Waals surface area contributed by atoms with Crippen molar-refractivity contribution in [2.24, 2.45) is 0 Å². The number of hydrogen-bond donors (Lipinski definition) is 1. The summed E-state index contributed by atoms with van der Waals surface area (Å²) in [5, 5.41) is 2.02. The number of morpholine rings is 1. The van der Waals surface area contributed by atoms with E-state index in [1.165, 1.54) is 24.3 Å². The van der Waals surface area contributed by atoms with Crippen molar-refractivity contribution < 1.29 is 32.2 Å². The van der Waals surface area contributed by atoms with Gasteiger partial charge in [0.1, 0.15) is 0 Å². The summed E-state index contributed by atoms with van der Waals surface area (Å²) in [6.45, 7) is 2.04. The first-order chi connectivity index (χ1) is 16.4. The number of nitrogens with zero attached hydrogens (tertiary/aromatic N) is 1. The second-order valence-electron chi connectivity index (χ2n) is 8.23. The van der Waals surface area contributed by atoms with Crippen molar-refractivity contribution in [1.29, 1.82) is 0 Å². The van der Waals surface area contributed by atoms with Gasteiger partial charge in [0.05, 0.1) is 13.2 Å².